The number of amides is 3. The van der Waals surface area contributed by atoms with Crippen molar-refractivity contribution in [2.24, 2.45) is 0 Å². The third kappa shape index (κ3) is 3.32. The van der Waals surface area contributed by atoms with E-state index in [2.05, 4.69) is 22.3 Å². The molecule has 0 radical (unpaired) electrons. The predicted molar refractivity (Wildman–Crippen MR) is 86.1 cm³/mol. The number of carbonyl (C=O) groups is 2. The van der Waals surface area contributed by atoms with Crippen LogP contribution in [0.25, 0.3) is 0 Å². The molecule has 0 unspecified atom stereocenters. The molecule has 2 aliphatic heterocycles. The monoisotopic (exact) mass is 302 g/mol. The van der Waals surface area contributed by atoms with E-state index in [4.69, 9.17) is 0 Å². The van der Waals surface area contributed by atoms with E-state index in [-0.39, 0.29) is 6.03 Å². The van der Waals surface area contributed by atoms with Gasteiger partial charge in [-0.3, -0.25) is 4.79 Å². The molecule has 0 saturated carbocycles. The molecular weight excluding hydrogens is 280 g/mol. The molecule has 0 aromatic heterocycles. The van der Waals surface area contributed by atoms with Crippen LogP contribution in [0.3, 0.4) is 0 Å². The molecule has 2 aliphatic rings. The third-order valence-electron chi connectivity index (χ3n) is 4.34. The maximum Gasteiger partial charge on any atom is 0.321 e. The van der Waals surface area contributed by atoms with Crippen molar-refractivity contribution in [3.8, 4) is 0 Å². The number of hydrogen-bond donors (Lipinski definition) is 1. The number of piperazine rings is 1. The second-order valence-electron chi connectivity index (χ2n) is 5.80. The van der Waals surface area contributed by atoms with E-state index in [1.807, 2.05) is 12.1 Å². The first-order chi connectivity index (χ1) is 10.8. The van der Waals surface area contributed by atoms with Crippen molar-refractivity contribution in [3.05, 3.63) is 24.3 Å². The molecule has 1 N–H and O–H groups in total. The molecule has 1 aromatic rings. The van der Waals surface area contributed by atoms with Crippen LogP contribution in [0.4, 0.5) is 16.2 Å². The first-order valence-corrected chi connectivity index (χ1v) is 7.86. The first-order valence-electron chi connectivity index (χ1n) is 7.86. The Labute approximate surface area is 130 Å². The van der Waals surface area contributed by atoms with Gasteiger partial charge in [0.05, 0.1) is 0 Å². The SMILES string of the molecule is O=CN1CCN(C(=O)Nc2ccc(N3CCCC3)cc2)CC1. The Morgan fingerprint density at radius 1 is 0.955 bits per heavy atom. The molecular formula is C16H22N4O2. The number of nitrogens with one attached hydrogen (secondary N) is 1. The summed E-state index contributed by atoms with van der Waals surface area (Å²) >= 11 is 0. The summed E-state index contributed by atoms with van der Waals surface area (Å²) in [5.41, 5.74) is 2.03. The highest BCUT2D eigenvalue weighted by molar-refractivity contribution is 5.89. The van der Waals surface area contributed by atoms with Crippen molar-refractivity contribution in [3.63, 3.8) is 0 Å². The first kappa shape index (κ1) is 14.7. The highest BCUT2D eigenvalue weighted by Gasteiger charge is 2.20. The second-order valence-corrected chi connectivity index (χ2v) is 5.80. The van der Waals surface area contributed by atoms with Gasteiger partial charge in [0.25, 0.3) is 0 Å². The normalized spacial score (nSPS) is 18.5. The average molecular weight is 302 g/mol. The Morgan fingerprint density at radius 2 is 1.59 bits per heavy atom. The van der Waals surface area contributed by atoms with Crippen LogP contribution in [0.2, 0.25) is 0 Å². The minimum atomic E-state index is -0.0977. The zero-order chi connectivity index (χ0) is 15.4. The van der Waals surface area contributed by atoms with Gasteiger partial charge in [0.2, 0.25) is 6.41 Å². The fourth-order valence-electron chi connectivity index (χ4n) is 2.96. The largest absolute Gasteiger partial charge is 0.372 e. The Balaban J connectivity index is 1.54. The molecule has 0 bridgehead atoms. The van der Waals surface area contributed by atoms with E-state index in [0.717, 1.165) is 25.2 Å². The number of carbonyl (C=O) groups excluding carboxylic acids is 2. The van der Waals surface area contributed by atoms with Gasteiger partial charge in [0, 0.05) is 50.6 Å². The highest BCUT2D eigenvalue weighted by Crippen LogP contribution is 2.22. The predicted octanol–water partition coefficient (Wildman–Crippen LogP) is 1.59. The fourth-order valence-corrected chi connectivity index (χ4v) is 2.96. The van der Waals surface area contributed by atoms with Crippen molar-refractivity contribution in [1.29, 1.82) is 0 Å². The number of benzene rings is 1. The van der Waals surface area contributed by atoms with Crippen LogP contribution in [0.5, 0.6) is 0 Å². The third-order valence-corrected chi connectivity index (χ3v) is 4.34. The van der Waals surface area contributed by atoms with Crippen molar-refractivity contribution in [1.82, 2.24) is 9.80 Å². The van der Waals surface area contributed by atoms with E-state index in [0.29, 0.717) is 26.2 Å². The molecule has 0 atom stereocenters. The zero-order valence-electron chi connectivity index (χ0n) is 12.7. The van der Waals surface area contributed by atoms with Crippen LogP contribution in [0.15, 0.2) is 24.3 Å². The summed E-state index contributed by atoms with van der Waals surface area (Å²) in [5.74, 6) is 0. The van der Waals surface area contributed by atoms with E-state index >= 15 is 0 Å². The van der Waals surface area contributed by atoms with E-state index in [1.54, 1.807) is 9.80 Å². The molecule has 2 heterocycles. The number of nitrogens with zero attached hydrogens (tertiary/aromatic N) is 3. The van der Waals surface area contributed by atoms with Crippen LogP contribution in [-0.2, 0) is 4.79 Å². The van der Waals surface area contributed by atoms with Gasteiger partial charge in [-0.2, -0.15) is 0 Å². The number of urea groups is 1. The molecule has 0 aliphatic carbocycles. The van der Waals surface area contributed by atoms with Gasteiger partial charge in [-0.15, -0.1) is 0 Å². The van der Waals surface area contributed by atoms with Crippen LogP contribution >= 0.6 is 0 Å². The lowest BCUT2D eigenvalue weighted by molar-refractivity contribution is -0.119. The van der Waals surface area contributed by atoms with Crippen LogP contribution in [0.1, 0.15) is 12.8 Å². The molecule has 3 rings (SSSR count). The van der Waals surface area contributed by atoms with Crippen molar-refractivity contribution < 1.29 is 9.59 Å². The molecule has 6 nitrogen and oxygen atoms in total. The minimum Gasteiger partial charge on any atom is -0.372 e. The molecule has 2 saturated heterocycles. The summed E-state index contributed by atoms with van der Waals surface area (Å²) in [7, 11) is 0. The summed E-state index contributed by atoms with van der Waals surface area (Å²) in [6.45, 7) is 4.60. The van der Waals surface area contributed by atoms with Gasteiger partial charge in [-0.05, 0) is 37.1 Å². The summed E-state index contributed by atoms with van der Waals surface area (Å²) in [6.07, 6.45) is 3.35. The van der Waals surface area contributed by atoms with Crippen molar-refractivity contribution >= 4 is 23.8 Å². The van der Waals surface area contributed by atoms with E-state index in [1.165, 1.54) is 18.5 Å². The van der Waals surface area contributed by atoms with Crippen LogP contribution < -0.4 is 10.2 Å². The molecule has 118 valence electrons. The Hall–Kier alpha value is -2.24. The highest BCUT2D eigenvalue weighted by atomic mass is 16.2. The zero-order valence-corrected chi connectivity index (χ0v) is 12.7. The number of hydrogen-bond acceptors (Lipinski definition) is 3. The fraction of sp³-hybridized carbons (Fsp3) is 0.500. The van der Waals surface area contributed by atoms with Crippen LogP contribution in [0, 0.1) is 0 Å². The maximum atomic E-state index is 12.2. The number of rotatable bonds is 3. The summed E-state index contributed by atoms with van der Waals surface area (Å²) in [5, 5.41) is 2.92. The second kappa shape index (κ2) is 6.68. The average Bonchev–Trinajstić information content (AvgIpc) is 3.10. The molecule has 22 heavy (non-hydrogen) atoms. The quantitative estimate of drug-likeness (QED) is 0.863. The lowest BCUT2D eigenvalue weighted by Gasteiger charge is -2.32. The van der Waals surface area contributed by atoms with Gasteiger partial charge in [0.1, 0.15) is 0 Å². The molecule has 2 fully saturated rings. The van der Waals surface area contributed by atoms with Gasteiger partial charge < -0.3 is 20.0 Å². The van der Waals surface area contributed by atoms with Gasteiger partial charge >= 0.3 is 6.03 Å². The lowest BCUT2D eigenvalue weighted by atomic mass is 10.2. The molecule has 3 amide bonds. The smallest absolute Gasteiger partial charge is 0.321 e. The topological polar surface area (TPSA) is 55.9 Å². The van der Waals surface area contributed by atoms with Gasteiger partial charge in [-0.25, -0.2) is 4.79 Å². The van der Waals surface area contributed by atoms with Crippen molar-refractivity contribution in [2.45, 2.75) is 12.8 Å². The standard InChI is InChI=1S/C16H22N4O2/c21-13-18-9-11-20(12-10-18)16(22)17-14-3-5-15(6-4-14)19-7-1-2-8-19/h3-6,13H,1-2,7-12H2,(H,17,22). The Morgan fingerprint density at radius 3 is 2.18 bits per heavy atom. The summed E-state index contributed by atoms with van der Waals surface area (Å²) in [4.78, 5) is 28.7. The maximum absolute atomic E-state index is 12.2. The molecule has 0 spiro atoms. The van der Waals surface area contributed by atoms with E-state index in [9.17, 15) is 9.59 Å². The summed E-state index contributed by atoms with van der Waals surface area (Å²) < 4.78 is 0. The Kier molecular flexibility index (Phi) is 4.46. The Bertz CT molecular complexity index is 517. The van der Waals surface area contributed by atoms with E-state index < -0.39 is 0 Å². The summed E-state index contributed by atoms with van der Waals surface area (Å²) in [6, 6.07) is 7.93. The number of anilines is 2. The van der Waals surface area contributed by atoms with Gasteiger partial charge in [0.15, 0.2) is 0 Å². The van der Waals surface area contributed by atoms with Crippen molar-refractivity contribution in [2.75, 3.05) is 49.5 Å². The lowest BCUT2D eigenvalue weighted by Crippen LogP contribution is -2.49. The minimum absolute atomic E-state index is 0.0977. The molecule has 6 heteroatoms. The molecule has 1 aromatic carbocycles. The van der Waals surface area contributed by atoms with Crippen LogP contribution in [-0.4, -0.2) is 61.5 Å². The van der Waals surface area contributed by atoms with Gasteiger partial charge in [-0.1, -0.05) is 0 Å².